The Labute approximate surface area is 256 Å². The molecule has 0 nitrogen and oxygen atoms in total. The zero-order chi connectivity index (χ0) is 29.0. The molecule has 44 heavy (non-hydrogen) atoms. The first-order valence-electron chi connectivity index (χ1n) is 15.3. The van der Waals surface area contributed by atoms with Gasteiger partial charge in [-0.3, -0.25) is 0 Å². The van der Waals surface area contributed by atoms with E-state index in [1.165, 1.54) is 87.2 Å². The molecule has 0 amide bonds. The zero-order valence-corrected chi connectivity index (χ0v) is 24.2. The molecule has 0 heterocycles. The number of hydrogen-bond donors (Lipinski definition) is 0. The summed E-state index contributed by atoms with van der Waals surface area (Å²) in [6, 6.07) is 62.1. The zero-order valence-electron chi connectivity index (χ0n) is 24.2. The van der Waals surface area contributed by atoms with Crippen LogP contribution in [0.3, 0.4) is 0 Å². The quantitative estimate of drug-likeness (QED) is 0.190. The molecule has 0 bridgehead atoms. The third-order valence-electron chi connectivity index (χ3n) is 9.25. The SMILES string of the molecule is c1ccc(-c2ccc(-c3ccc(-c4ccc5c6ccccc6c6c7ccccc7c7ccccc7c6c5c4)cc3)cc2)cc1. The van der Waals surface area contributed by atoms with Gasteiger partial charge in [0, 0.05) is 0 Å². The molecule has 0 aliphatic rings. The molecular weight excluding hydrogens is 528 g/mol. The van der Waals surface area contributed by atoms with E-state index >= 15 is 0 Å². The van der Waals surface area contributed by atoms with E-state index < -0.39 is 0 Å². The van der Waals surface area contributed by atoms with Crippen molar-refractivity contribution in [2.75, 3.05) is 0 Å². The maximum Gasteiger partial charge on any atom is -0.00137 e. The Hall–Kier alpha value is -5.72. The highest BCUT2D eigenvalue weighted by molar-refractivity contribution is 6.39. The molecule has 9 aromatic rings. The maximum absolute atomic E-state index is 2.41. The lowest BCUT2D eigenvalue weighted by molar-refractivity contribution is 1.58. The lowest BCUT2D eigenvalue weighted by Crippen LogP contribution is -1.89. The molecule has 0 saturated carbocycles. The maximum atomic E-state index is 2.41. The monoisotopic (exact) mass is 556 g/mol. The van der Waals surface area contributed by atoms with E-state index in [4.69, 9.17) is 0 Å². The van der Waals surface area contributed by atoms with E-state index in [0.717, 1.165) is 0 Å². The van der Waals surface area contributed by atoms with Crippen LogP contribution in [0.1, 0.15) is 0 Å². The summed E-state index contributed by atoms with van der Waals surface area (Å²) >= 11 is 0. The largest absolute Gasteiger partial charge is 0.0622 e. The van der Waals surface area contributed by atoms with E-state index in [1.807, 2.05) is 0 Å². The Morgan fingerprint density at radius 3 is 0.932 bits per heavy atom. The van der Waals surface area contributed by atoms with E-state index in [9.17, 15) is 0 Å². The number of hydrogen-bond acceptors (Lipinski definition) is 0. The Balaban J connectivity index is 1.23. The second-order valence-corrected chi connectivity index (χ2v) is 11.7. The van der Waals surface area contributed by atoms with Gasteiger partial charge < -0.3 is 0 Å². The molecule has 0 radical (unpaired) electrons. The predicted molar refractivity (Wildman–Crippen MR) is 190 cm³/mol. The highest BCUT2D eigenvalue weighted by atomic mass is 14.2. The topological polar surface area (TPSA) is 0 Å². The van der Waals surface area contributed by atoms with Gasteiger partial charge in [0.25, 0.3) is 0 Å². The summed E-state index contributed by atoms with van der Waals surface area (Å²) in [5.74, 6) is 0. The molecule has 0 spiro atoms. The van der Waals surface area contributed by atoms with Crippen molar-refractivity contribution in [2.45, 2.75) is 0 Å². The van der Waals surface area contributed by atoms with Gasteiger partial charge in [-0.15, -0.1) is 0 Å². The van der Waals surface area contributed by atoms with Crippen LogP contribution in [0.25, 0.3) is 87.2 Å². The van der Waals surface area contributed by atoms with Crippen molar-refractivity contribution >= 4 is 53.9 Å². The summed E-state index contributed by atoms with van der Waals surface area (Å²) < 4.78 is 0. The summed E-state index contributed by atoms with van der Waals surface area (Å²) in [6.45, 7) is 0. The minimum Gasteiger partial charge on any atom is -0.0622 e. The van der Waals surface area contributed by atoms with Crippen molar-refractivity contribution in [3.63, 3.8) is 0 Å². The minimum absolute atomic E-state index is 1.22. The molecular formula is C44H28. The number of rotatable bonds is 3. The fourth-order valence-electron chi connectivity index (χ4n) is 7.14. The highest BCUT2D eigenvalue weighted by Gasteiger charge is 2.16. The molecule has 0 fully saturated rings. The van der Waals surface area contributed by atoms with Crippen molar-refractivity contribution in [2.24, 2.45) is 0 Å². The molecule has 0 atom stereocenters. The van der Waals surface area contributed by atoms with Crippen LogP contribution < -0.4 is 0 Å². The summed E-state index contributed by atoms with van der Waals surface area (Å²) in [7, 11) is 0. The summed E-state index contributed by atoms with van der Waals surface area (Å²) in [5, 5.41) is 13.1. The smallest absolute Gasteiger partial charge is 0.00137 e. The van der Waals surface area contributed by atoms with Gasteiger partial charge in [0.2, 0.25) is 0 Å². The number of benzene rings is 9. The van der Waals surface area contributed by atoms with Crippen LogP contribution in [0, 0.1) is 0 Å². The molecule has 0 aromatic heterocycles. The van der Waals surface area contributed by atoms with Crippen LogP contribution in [0.5, 0.6) is 0 Å². The molecule has 204 valence electrons. The minimum atomic E-state index is 1.22. The summed E-state index contributed by atoms with van der Waals surface area (Å²) in [4.78, 5) is 0. The first-order chi connectivity index (χ1) is 21.8. The van der Waals surface area contributed by atoms with Gasteiger partial charge >= 0.3 is 0 Å². The Bertz CT molecular complexity index is 2490. The van der Waals surface area contributed by atoms with Gasteiger partial charge in [0.05, 0.1) is 0 Å². The lowest BCUT2D eigenvalue weighted by Gasteiger charge is -2.17. The molecule has 9 aromatic carbocycles. The molecule has 0 saturated heterocycles. The van der Waals surface area contributed by atoms with Crippen LogP contribution in [-0.2, 0) is 0 Å². The fourth-order valence-corrected chi connectivity index (χ4v) is 7.14. The summed E-state index contributed by atoms with van der Waals surface area (Å²) in [6.07, 6.45) is 0. The molecule has 9 rings (SSSR count). The van der Waals surface area contributed by atoms with Gasteiger partial charge in [-0.05, 0) is 93.3 Å². The van der Waals surface area contributed by atoms with Crippen LogP contribution in [-0.4, -0.2) is 0 Å². The van der Waals surface area contributed by atoms with E-state index in [0.29, 0.717) is 0 Å². The molecule has 0 aliphatic carbocycles. The van der Waals surface area contributed by atoms with Crippen molar-refractivity contribution in [3.05, 3.63) is 170 Å². The second-order valence-electron chi connectivity index (χ2n) is 11.7. The van der Waals surface area contributed by atoms with Gasteiger partial charge in [-0.25, -0.2) is 0 Å². The van der Waals surface area contributed by atoms with Gasteiger partial charge in [0.1, 0.15) is 0 Å². The van der Waals surface area contributed by atoms with E-state index in [2.05, 4.69) is 170 Å². The first-order valence-corrected chi connectivity index (χ1v) is 15.3. The Kier molecular flexibility index (Phi) is 5.61. The Morgan fingerprint density at radius 2 is 0.477 bits per heavy atom. The standard InChI is InChI=1S/C44H28/c1-2-10-29(11-3-1)30-18-20-31(21-19-30)32-22-24-33(25-23-32)34-26-27-38-37-14-6-8-16-40(37)43-39-15-7-4-12-35(39)36-13-5-9-17-41(36)44(43)42(38)28-34/h1-28H. The average molecular weight is 557 g/mol. The Morgan fingerprint density at radius 1 is 0.182 bits per heavy atom. The molecule has 0 N–H and O–H groups in total. The van der Waals surface area contributed by atoms with Gasteiger partial charge in [-0.2, -0.15) is 0 Å². The average Bonchev–Trinajstić information content (AvgIpc) is 3.12. The second kappa shape index (κ2) is 9.93. The van der Waals surface area contributed by atoms with Gasteiger partial charge in [-0.1, -0.05) is 164 Å². The third kappa shape index (κ3) is 3.85. The third-order valence-corrected chi connectivity index (χ3v) is 9.25. The van der Waals surface area contributed by atoms with Crippen molar-refractivity contribution in [1.82, 2.24) is 0 Å². The van der Waals surface area contributed by atoms with Crippen molar-refractivity contribution < 1.29 is 0 Å². The highest BCUT2D eigenvalue weighted by Crippen LogP contribution is 2.44. The van der Waals surface area contributed by atoms with E-state index in [1.54, 1.807) is 0 Å². The molecule has 0 unspecified atom stereocenters. The van der Waals surface area contributed by atoms with E-state index in [-0.39, 0.29) is 0 Å². The van der Waals surface area contributed by atoms with Crippen LogP contribution in [0.2, 0.25) is 0 Å². The van der Waals surface area contributed by atoms with Crippen LogP contribution in [0.4, 0.5) is 0 Å². The normalized spacial score (nSPS) is 11.6. The fraction of sp³-hybridized carbons (Fsp3) is 0. The molecule has 0 aliphatic heterocycles. The van der Waals surface area contributed by atoms with Crippen molar-refractivity contribution in [1.29, 1.82) is 0 Å². The molecule has 0 heteroatoms. The van der Waals surface area contributed by atoms with Gasteiger partial charge in [0.15, 0.2) is 0 Å². The first kappa shape index (κ1) is 24.8. The number of fused-ring (bicyclic) bond motifs is 11. The predicted octanol–water partition coefficient (Wildman–Crippen LogP) is 12.5. The van der Waals surface area contributed by atoms with Crippen LogP contribution in [0.15, 0.2) is 170 Å². The van der Waals surface area contributed by atoms with Crippen molar-refractivity contribution in [3.8, 4) is 33.4 Å². The lowest BCUT2D eigenvalue weighted by atomic mass is 9.86. The van der Waals surface area contributed by atoms with Crippen LogP contribution >= 0.6 is 0 Å². The summed E-state index contributed by atoms with van der Waals surface area (Å²) in [5.41, 5.74) is 7.39.